The van der Waals surface area contributed by atoms with Crippen molar-refractivity contribution in [1.29, 1.82) is 0 Å². The first kappa shape index (κ1) is 20.4. The fourth-order valence-electron chi connectivity index (χ4n) is 3.11. The summed E-state index contributed by atoms with van der Waals surface area (Å²) in [5.41, 5.74) is 0.464. The lowest BCUT2D eigenvalue weighted by atomic mass is 10.1. The molecule has 0 fully saturated rings. The summed E-state index contributed by atoms with van der Waals surface area (Å²) in [5.74, 6) is 0.726. The number of hydrogen-bond donors (Lipinski definition) is 0. The highest BCUT2D eigenvalue weighted by molar-refractivity contribution is 6.31. The van der Waals surface area contributed by atoms with E-state index < -0.39 is 0 Å². The fourth-order valence-corrected chi connectivity index (χ4v) is 3.28. The zero-order chi connectivity index (χ0) is 19.3. The molecule has 0 aliphatic rings. The highest BCUT2D eigenvalue weighted by atomic mass is 35.5. The van der Waals surface area contributed by atoms with Crippen LogP contribution in [0.3, 0.4) is 0 Å². The Morgan fingerprint density at radius 1 is 1.27 bits per heavy atom. The Morgan fingerprint density at radius 2 is 1.96 bits per heavy atom. The van der Waals surface area contributed by atoms with E-state index >= 15 is 0 Å². The van der Waals surface area contributed by atoms with Gasteiger partial charge in [0.2, 0.25) is 5.91 Å². The number of halogens is 1. The van der Waals surface area contributed by atoms with Crippen LogP contribution in [0, 0.1) is 0 Å². The Hall–Kier alpha value is -1.88. The van der Waals surface area contributed by atoms with E-state index in [9.17, 15) is 9.59 Å². The highest BCUT2D eigenvalue weighted by Crippen LogP contribution is 2.22. The molecule has 0 saturated carbocycles. The van der Waals surface area contributed by atoms with Gasteiger partial charge in [0.1, 0.15) is 5.82 Å². The van der Waals surface area contributed by atoms with Crippen molar-refractivity contribution >= 4 is 28.4 Å². The fraction of sp³-hybridized carbons (Fsp3) is 0.550. The summed E-state index contributed by atoms with van der Waals surface area (Å²) in [5, 5.41) is 1.00. The molecule has 0 radical (unpaired) electrons. The molecule has 5 nitrogen and oxygen atoms in total. The third-order valence-corrected chi connectivity index (χ3v) is 4.97. The van der Waals surface area contributed by atoms with Crippen LogP contribution in [0.5, 0.6) is 0 Å². The van der Waals surface area contributed by atoms with E-state index in [1.807, 2.05) is 11.8 Å². The maximum absolute atomic E-state index is 12.7. The molecule has 0 bridgehead atoms. The number of aromatic nitrogens is 2. The Kier molecular flexibility index (Phi) is 7.21. The molecule has 0 aliphatic carbocycles. The quantitative estimate of drug-likeness (QED) is 0.682. The van der Waals surface area contributed by atoms with Crippen LogP contribution in [-0.4, -0.2) is 26.9 Å². The van der Waals surface area contributed by atoms with Gasteiger partial charge in [-0.2, -0.15) is 0 Å². The van der Waals surface area contributed by atoms with Crippen LogP contribution >= 0.6 is 11.6 Å². The lowest BCUT2D eigenvalue weighted by molar-refractivity contribution is -0.133. The summed E-state index contributed by atoms with van der Waals surface area (Å²) in [4.78, 5) is 32.0. The zero-order valence-electron chi connectivity index (χ0n) is 16.1. The standard InChI is InChI=1S/C20H28ClN3O2/c1-5-7-9-18(25)24(12-8-6-2)14(3)19-22-17-11-10-15(21)13-16(17)20(26)23(19)4/h10-11,13-14H,5-9,12H2,1-4H3. The van der Waals surface area contributed by atoms with Gasteiger partial charge < -0.3 is 4.90 Å². The Balaban J connectivity index is 2.45. The molecule has 1 unspecified atom stereocenters. The van der Waals surface area contributed by atoms with E-state index in [0.717, 1.165) is 25.7 Å². The highest BCUT2D eigenvalue weighted by Gasteiger charge is 2.24. The minimum absolute atomic E-state index is 0.123. The molecular weight excluding hydrogens is 350 g/mol. The topological polar surface area (TPSA) is 55.2 Å². The monoisotopic (exact) mass is 377 g/mol. The van der Waals surface area contributed by atoms with Crippen molar-refractivity contribution in [3.8, 4) is 0 Å². The average Bonchev–Trinajstić information content (AvgIpc) is 2.63. The smallest absolute Gasteiger partial charge is 0.261 e. The van der Waals surface area contributed by atoms with Gasteiger partial charge in [-0.05, 0) is 38.0 Å². The van der Waals surface area contributed by atoms with Crippen molar-refractivity contribution in [3.63, 3.8) is 0 Å². The second-order valence-electron chi connectivity index (χ2n) is 6.72. The maximum Gasteiger partial charge on any atom is 0.261 e. The molecule has 1 amide bonds. The molecule has 0 spiro atoms. The first-order valence-electron chi connectivity index (χ1n) is 9.36. The van der Waals surface area contributed by atoms with Crippen LogP contribution < -0.4 is 5.56 Å². The summed E-state index contributed by atoms with van der Waals surface area (Å²) in [6.07, 6.45) is 4.32. The summed E-state index contributed by atoms with van der Waals surface area (Å²) >= 11 is 6.01. The van der Waals surface area contributed by atoms with E-state index in [1.54, 1.807) is 25.2 Å². The second kappa shape index (κ2) is 9.17. The lowest BCUT2D eigenvalue weighted by Gasteiger charge is -2.30. The average molecular weight is 378 g/mol. The SMILES string of the molecule is CCCCC(=O)N(CCCC)C(C)c1nc2ccc(Cl)cc2c(=O)n1C. The summed E-state index contributed by atoms with van der Waals surface area (Å²) < 4.78 is 1.54. The van der Waals surface area contributed by atoms with Crippen LogP contribution in [0.2, 0.25) is 5.02 Å². The van der Waals surface area contributed by atoms with Crippen LogP contribution in [0.1, 0.15) is 64.7 Å². The maximum atomic E-state index is 12.7. The van der Waals surface area contributed by atoms with Gasteiger partial charge in [-0.3, -0.25) is 14.2 Å². The van der Waals surface area contributed by atoms with E-state index in [2.05, 4.69) is 18.8 Å². The predicted molar refractivity (Wildman–Crippen MR) is 107 cm³/mol. The van der Waals surface area contributed by atoms with E-state index in [0.29, 0.717) is 34.7 Å². The first-order valence-corrected chi connectivity index (χ1v) is 9.74. The van der Waals surface area contributed by atoms with Crippen LogP contribution in [0.4, 0.5) is 0 Å². The van der Waals surface area contributed by atoms with Gasteiger partial charge in [-0.25, -0.2) is 4.98 Å². The molecule has 2 rings (SSSR count). The van der Waals surface area contributed by atoms with E-state index in [1.165, 1.54) is 4.57 Å². The van der Waals surface area contributed by atoms with Gasteiger partial charge in [-0.15, -0.1) is 0 Å². The van der Waals surface area contributed by atoms with E-state index in [4.69, 9.17) is 11.6 Å². The van der Waals surface area contributed by atoms with Gasteiger partial charge in [0.05, 0.1) is 16.9 Å². The van der Waals surface area contributed by atoms with Gasteiger partial charge in [0, 0.05) is 25.0 Å². The number of unbranched alkanes of at least 4 members (excludes halogenated alkanes) is 2. The predicted octanol–water partition coefficient (Wildman–Crippen LogP) is 4.47. The van der Waals surface area contributed by atoms with Crippen molar-refractivity contribution < 1.29 is 4.79 Å². The van der Waals surface area contributed by atoms with Crippen molar-refractivity contribution in [2.75, 3.05) is 6.54 Å². The Bertz CT molecular complexity index is 832. The number of amides is 1. The molecule has 1 aromatic heterocycles. The van der Waals surface area contributed by atoms with Crippen molar-refractivity contribution in [2.45, 2.75) is 58.9 Å². The van der Waals surface area contributed by atoms with Crippen molar-refractivity contribution in [2.24, 2.45) is 7.05 Å². The summed E-state index contributed by atoms with van der Waals surface area (Å²) in [6, 6.07) is 4.86. The number of hydrogen-bond acceptors (Lipinski definition) is 3. The van der Waals surface area contributed by atoms with Gasteiger partial charge in [0.15, 0.2) is 0 Å². The molecule has 1 heterocycles. The summed E-state index contributed by atoms with van der Waals surface area (Å²) in [6.45, 7) is 6.80. The van der Waals surface area contributed by atoms with Crippen molar-refractivity contribution in [3.05, 3.63) is 39.4 Å². The van der Waals surface area contributed by atoms with Gasteiger partial charge >= 0.3 is 0 Å². The Morgan fingerprint density at radius 3 is 2.62 bits per heavy atom. The third kappa shape index (κ3) is 4.44. The molecule has 1 atom stereocenters. The molecule has 1 aromatic carbocycles. The molecule has 0 aliphatic heterocycles. The summed E-state index contributed by atoms with van der Waals surface area (Å²) in [7, 11) is 1.70. The number of rotatable bonds is 8. The number of carbonyl (C=O) groups is 1. The largest absolute Gasteiger partial charge is 0.333 e. The minimum atomic E-state index is -0.260. The van der Waals surface area contributed by atoms with Crippen molar-refractivity contribution in [1.82, 2.24) is 14.5 Å². The zero-order valence-corrected chi connectivity index (χ0v) is 16.8. The Labute approximate surface area is 160 Å². The normalized spacial score (nSPS) is 12.3. The third-order valence-electron chi connectivity index (χ3n) is 4.73. The molecular formula is C20H28ClN3O2. The first-order chi connectivity index (χ1) is 12.4. The van der Waals surface area contributed by atoms with Gasteiger partial charge in [0.25, 0.3) is 5.56 Å². The minimum Gasteiger partial charge on any atom is -0.333 e. The number of nitrogens with zero attached hydrogens (tertiary/aromatic N) is 3. The molecule has 26 heavy (non-hydrogen) atoms. The van der Waals surface area contributed by atoms with E-state index in [-0.39, 0.29) is 17.5 Å². The van der Waals surface area contributed by atoms with Gasteiger partial charge in [-0.1, -0.05) is 38.3 Å². The molecule has 142 valence electrons. The molecule has 2 aromatic rings. The van der Waals surface area contributed by atoms with Crippen LogP contribution in [-0.2, 0) is 11.8 Å². The second-order valence-corrected chi connectivity index (χ2v) is 7.15. The lowest BCUT2D eigenvalue weighted by Crippen LogP contribution is -2.37. The molecule has 0 N–H and O–H groups in total. The van der Waals surface area contributed by atoms with Crippen LogP contribution in [0.25, 0.3) is 10.9 Å². The number of carbonyl (C=O) groups excluding carboxylic acids is 1. The molecule has 0 saturated heterocycles. The number of benzene rings is 1. The van der Waals surface area contributed by atoms with Crippen LogP contribution in [0.15, 0.2) is 23.0 Å². The number of fused-ring (bicyclic) bond motifs is 1. The molecule has 6 heteroatoms.